The van der Waals surface area contributed by atoms with Gasteiger partial charge in [0.2, 0.25) is 0 Å². The number of benzene rings is 1. The number of nitrogens with two attached hydrogens (primary N) is 1. The zero-order valence-corrected chi connectivity index (χ0v) is 9.54. The van der Waals surface area contributed by atoms with Crippen LogP contribution < -0.4 is 5.73 Å². The van der Waals surface area contributed by atoms with Gasteiger partial charge in [-0.05, 0) is 18.1 Å². The van der Waals surface area contributed by atoms with Crippen LogP contribution in [0.5, 0.6) is 0 Å². The fourth-order valence-electron chi connectivity index (χ4n) is 1.70. The van der Waals surface area contributed by atoms with Gasteiger partial charge >= 0.3 is 0 Å². The van der Waals surface area contributed by atoms with E-state index in [0.29, 0.717) is 22.6 Å². The van der Waals surface area contributed by atoms with E-state index < -0.39 is 11.4 Å². The monoisotopic (exact) mass is 247 g/mol. The second-order valence-electron chi connectivity index (χ2n) is 3.65. The second kappa shape index (κ2) is 3.94. The van der Waals surface area contributed by atoms with Crippen LogP contribution in [0.15, 0.2) is 17.0 Å². The molecule has 1 atom stereocenters. The van der Waals surface area contributed by atoms with Crippen molar-refractivity contribution in [1.82, 2.24) is 0 Å². The Bertz CT molecular complexity index is 401. The second-order valence-corrected chi connectivity index (χ2v) is 5.16. The molecular weight excluding hydrogens is 237 g/mol. The standard InChI is InChI=1S/C10H11ClFNOS/c11-7-2-1-6-9(8(7)12)15-4-3-10(6,13)5-14/h1-2,14H,3-5,13H2/t10-/m0/s1. The van der Waals surface area contributed by atoms with Gasteiger partial charge in [0, 0.05) is 10.6 Å². The van der Waals surface area contributed by atoms with Gasteiger partial charge in [0.05, 0.1) is 17.2 Å². The molecule has 0 saturated heterocycles. The zero-order valence-electron chi connectivity index (χ0n) is 7.96. The molecule has 1 heterocycles. The maximum Gasteiger partial charge on any atom is 0.155 e. The van der Waals surface area contributed by atoms with Crippen molar-refractivity contribution in [2.45, 2.75) is 16.9 Å². The van der Waals surface area contributed by atoms with Gasteiger partial charge < -0.3 is 10.8 Å². The average molecular weight is 248 g/mol. The van der Waals surface area contributed by atoms with Gasteiger partial charge in [-0.1, -0.05) is 17.7 Å². The third-order valence-electron chi connectivity index (χ3n) is 2.66. The van der Waals surface area contributed by atoms with Crippen molar-refractivity contribution >= 4 is 23.4 Å². The van der Waals surface area contributed by atoms with E-state index >= 15 is 0 Å². The zero-order chi connectivity index (χ0) is 11.1. The lowest BCUT2D eigenvalue weighted by Gasteiger charge is -2.33. The molecule has 0 bridgehead atoms. The van der Waals surface area contributed by atoms with E-state index in [4.69, 9.17) is 17.3 Å². The molecule has 0 spiro atoms. The van der Waals surface area contributed by atoms with Crippen LogP contribution in [0.25, 0.3) is 0 Å². The molecule has 15 heavy (non-hydrogen) atoms. The van der Waals surface area contributed by atoms with E-state index in [2.05, 4.69) is 0 Å². The molecule has 2 nitrogen and oxygen atoms in total. The third kappa shape index (κ3) is 1.76. The van der Waals surface area contributed by atoms with Gasteiger partial charge in [0.1, 0.15) is 0 Å². The Morgan fingerprint density at radius 2 is 2.33 bits per heavy atom. The van der Waals surface area contributed by atoms with Crippen molar-refractivity contribution in [2.75, 3.05) is 12.4 Å². The van der Waals surface area contributed by atoms with E-state index in [1.54, 1.807) is 6.07 Å². The quantitative estimate of drug-likeness (QED) is 0.799. The highest BCUT2D eigenvalue weighted by molar-refractivity contribution is 7.99. The van der Waals surface area contributed by atoms with Crippen molar-refractivity contribution in [2.24, 2.45) is 5.73 Å². The Morgan fingerprint density at radius 3 is 3.00 bits per heavy atom. The Labute approximate surface area is 96.6 Å². The summed E-state index contributed by atoms with van der Waals surface area (Å²) in [5.41, 5.74) is 5.84. The first kappa shape index (κ1) is 11.2. The lowest BCUT2D eigenvalue weighted by atomic mass is 9.88. The van der Waals surface area contributed by atoms with Crippen LogP contribution in [0, 0.1) is 5.82 Å². The largest absolute Gasteiger partial charge is 0.394 e. The number of halogens is 2. The number of fused-ring (bicyclic) bond motifs is 1. The number of rotatable bonds is 1. The summed E-state index contributed by atoms with van der Waals surface area (Å²) < 4.78 is 13.7. The number of aliphatic hydroxyl groups excluding tert-OH is 1. The molecule has 1 aliphatic heterocycles. The number of hydrogen-bond donors (Lipinski definition) is 2. The molecule has 1 aliphatic rings. The smallest absolute Gasteiger partial charge is 0.155 e. The van der Waals surface area contributed by atoms with Gasteiger partial charge in [-0.15, -0.1) is 11.8 Å². The Morgan fingerprint density at radius 1 is 1.60 bits per heavy atom. The molecule has 82 valence electrons. The molecule has 0 aromatic heterocycles. The van der Waals surface area contributed by atoms with E-state index in [1.165, 1.54) is 17.8 Å². The van der Waals surface area contributed by atoms with Crippen LogP contribution in [0.3, 0.4) is 0 Å². The van der Waals surface area contributed by atoms with Crippen molar-refractivity contribution in [3.63, 3.8) is 0 Å². The first-order valence-electron chi connectivity index (χ1n) is 4.59. The van der Waals surface area contributed by atoms with E-state index in [9.17, 15) is 9.50 Å². The van der Waals surface area contributed by atoms with E-state index in [-0.39, 0.29) is 11.6 Å². The molecule has 2 rings (SSSR count). The summed E-state index contributed by atoms with van der Waals surface area (Å²) in [7, 11) is 0. The van der Waals surface area contributed by atoms with Crippen LogP contribution in [-0.4, -0.2) is 17.5 Å². The van der Waals surface area contributed by atoms with Crippen LogP contribution in [0.4, 0.5) is 4.39 Å². The first-order valence-corrected chi connectivity index (χ1v) is 5.96. The lowest BCUT2D eigenvalue weighted by Crippen LogP contribution is -2.43. The summed E-state index contributed by atoms with van der Waals surface area (Å²) in [5, 5.41) is 9.37. The number of aliphatic hydroxyl groups is 1. The maximum absolute atomic E-state index is 13.7. The van der Waals surface area contributed by atoms with E-state index in [1.807, 2.05) is 0 Å². The minimum Gasteiger partial charge on any atom is -0.394 e. The molecule has 0 radical (unpaired) electrons. The summed E-state index contributed by atoms with van der Waals surface area (Å²) in [6.45, 7) is -0.179. The van der Waals surface area contributed by atoms with Gasteiger partial charge in [-0.3, -0.25) is 0 Å². The normalized spacial score (nSPS) is 25.1. The van der Waals surface area contributed by atoms with Crippen molar-refractivity contribution in [3.8, 4) is 0 Å². The van der Waals surface area contributed by atoms with Crippen molar-refractivity contribution in [3.05, 3.63) is 28.5 Å². The van der Waals surface area contributed by atoms with Crippen molar-refractivity contribution < 1.29 is 9.50 Å². The molecule has 5 heteroatoms. The highest BCUT2D eigenvalue weighted by atomic mass is 35.5. The summed E-state index contributed by atoms with van der Waals surface area (Å²) in [6.07, 6.45) is 0.641. The lowest BCUT2D eigenvalue weighted by molar-refractivity contribution is 0.189. The SMILES string of the molecule is N[C@]1(CO)CCSc2c1ccc(Cl)c2F. The van der Waals surface area contributed by atoms with Gasteiger partial charge in [0.15, 0.2) is 5.82 Å². The maximum atomic E-state index is 13.7. The highest BCUT2D eigenvalue weighted by Gasteiger charge is 2.34. The number of thioether (sulfide) groups is 1. The predicted molar refractivity (Wildman–Crippen MR) is 59.7 cm³/mol. The fraction of sp³-hybridized carbons (Fsp3) is 0.400. The molecule has 0 fully saturated rings. The van der Waals surface area contributed by atoms with Crippen LogP contribution >= 0.6 is 23.4 Å². The molecule has 3 N–H and O–H groups in total. The molecule has 1 aromatic carbocycles. The minimum atomic E-state index is -0.827. The first-order chi connectivity index (χ1) is 7.08. The molecule has 0 unspecified atom stereocenters. The van der Waals surface area contributed by atoms with Crippen LogP contribution in [0.2, 0.25) is 5.02 Å². The average Bonchev–Trinajstić information content (AvgIpc) is 2.24. The van der Waals surface area contributed by atoms with Crippen LogP contribution in [0.1, 0.15) is 12.0 Å². The van der Waals surface area contributed by atoms with Crippen LogP contribution in [-0.2, 0) is 5.54 Å². The number of hydrogen-bond acceptors (Lipinski definition) is 3. The third-order valence-corrected chi connectivity index (χ3v) is 4.05. The molecule has 0 saturated carbocycles. The topological polar surface area (TPSA) is 46.2 Å². The minimum absolute atomic E-state index is 0.100. The summed E-state index contributed by atoms with van der Waals surface area (Å²) in [5.74, 6) is 0.267. The van der Waals surface area contributed by atoms with E-state index in [0.717, 1.165) is 0 Å². The van der Waals surface area contributed by atoms with Gasteiger partial charge in [-0.2, -0.15) is 0 Å². The summed E-state index contributed by atoms with van der Waals surface area (Å²) >= 11 is 7.09. The Hall–Kier alpha value is -0.290. The molecule has 0 amide bonds. The summed E-state index contributed by atoms with van der Waals surface area (Å²) in [6, 6.07) is 3.18. The Balaban J connectivity index is 2.59. The molecule has 1 aromatic rings. The molecular formula is C10H11ClFNOS. The molecule has 0 aliphatic carbocycles. The fourth-order valence-corrected chi connectivity index (χ4v) is 3.25. The van der Waals surface area contributed by atoms with Gasteiger partial charge in [0.25, 0.3) is 0 Å². The van der Waals surface area contributed by atoms with Gasteiger partial charge in [-0.25, -0.2) is 4.39 Å². The predicted octanol–water partition coefficient (Wildman–Crippen LogP) is 2.12. The Kier molecular flexibility index (Phi) is 2.94. The summed E-state index contributed by atoms with van der Waals surface area (Å²) in [4.78, 5) is 0.477. The van der Waals surface area contributed by atoms with Crippen molar-refractivity contribution in [1.29, 1.82) is 0 Å². The highest BCUT2D eigenvalue weighted by Crippen LogP contribution is 2.41.